The predicted molar refractivity (Wildman–Crippen MR) is 88.1 cm³/mol. The average Bonchev–Trinajstić information content (AvgIpc) is 3.19. The zero-order valence-corrected chi connectivity index (χ0v) is 14.2. The summed E-state index contributed by atoms with van der Waals surface area (Å²) in [6.45, 7) is 0.767. The number of halogens is 2. The quantitative estimate of drug-likeness (QED) is 0.572. The summed E-state index contributed by atoms with van der Waals surface area (Å²) in [5, 5.41) is 9.50. The molecular formula is C14H14FIN2O2S. The molecule has 1 aromatic carbocycles. The van der Waals surface area contributed by atoms with E-state index in [0.717, 1.165) is 29.9 Å². The minimum Gasteiger partial charge on any atom is -0.481 e. The van der Waals surface area contributed by atoms with Gasteiger partial charge in [0.05, 0.1) is 20.4 Å². The van der Waals surface area contributed by atoms with Crippen LogP contribution in [0, 0.1) is 15.3 Å². The standard InChI is InChI=1S/C14H14FIN2O2S/c15-9-5-12-11(6-10(9)16)17-14(21-7-13(19)20)18(12)4-3-8-1-2-8/h5-6,8H,1-4,7H2,(H,19,20). The topological polar surface area (TPSA) is 55.1 Å². The van der Waals surface area contributed by atoms with Gasteiger partial charge < -0.3 is 9.67 Å². The number of thioether (sulfide) groups is 1. The average molecular weight is 420 g/mol. The summed E-state index contributed by atoms with van der Waals surface area (Å²) >= 11 is 3.13. The summed E-state index contributed by atoms with van der Waals surface area (Å²) in [4.78, 5) is 15.2. The Bertz CT molecular complexity index is 700. The molecule has 0 spiro atoms. The van der Waals surface area contributed by atoms with Crippen molar-refractivity contribution >= 4 is 51.4 Å². The molecule has 1 fully saturated rings. The van der Waals surface area contributed by atoms with Crippen molar-refractivity contribution in [3.05, 3.63) is 21.5 Å². The van der Waals surface area contributed by atoms with Crippen molar-refractivity contribution in [3.63, 3.8) is 0 Å². The highest BCUT2D eigenvalue weighted by molar-refractivity contribution is 14.1. The second kappa shape index (κ2) is 6.12. The molecule has 0 saturated heterocycles. The molecule has 4 nitrogen and oxygen atoms in total. The van der Waals surface area contributed by atoms with Gasteiger partial charge in [0.15, 0.2) is 5.16 Å². The molecule has 1 aliphatic carbocycles. The molecule has 0 radical (unpaired) electrons. The Labute approximate surface area is 139 Å². The number of nitrogens with zero attached hydrogens (tertiary/aromatic N) is 2. The van der Waals surface area contributed by atoms with Gasteiger partial charge in [-0.1, -0.05) is 24.6 Å². The number of fused-ring (bicyclic) bond motifs is 1. The van der Waals surface area contributed by atoms with Crippen molar-refractivity contribution in [2.75, 3.05) is 5.75 Å². The van der Waals surface area contributed by atoms with Gasteiger partial charge in [0.1, 0.15) is 5.82 Å². The second-order valence-corrected chi connectivity index (χ2v) is 7.32. The van der Waals surface area contributed by atoms with Crippen molar-refractivity contribution in [3.8, 4) is 0 Å². The lowest BCUT2D eigenvalue weighted by Crippen LogP contribution is -2.04. The van der Waals surface area contributed by atoms with Crippen LogP contribution in [0.3, 0.4) is 0 Å². The number of carbonyl (C=O) groups is 1. The maximum atomic E-state index is 13.8. The molecule has 7 heteroatoms. The van der Waals surface area contributed by atoms with Crippen LogP contribution in [-0.2, 0) is 11.3 Å². The van der Waals surface area contributed by atoms with E-state index in [1.807, 2.05) is 27.2 Å². The number of imidazole rings is 1. The third kappa shape index (κ3) is 3.50. The van der Waals surface area contributed by atoms with E-state index in [1.54, 1.807) is 6.07 Å². The van der Waals surface area contributed by atoms with Crippen LogP contribution in [0.5, 0.6) is 0 Å². The molecule has 0 atom stereocenters. The molecule has 1 heterocycles. The van der Waals surface area contributed by atoms with E-state index in [1.165, 1.54) is 30.7 Å². The molecule has 21 heavy (non-hydrogen) atoms. The van der Waals surface area contributed by atoms with E-state index in [4.69, 9.17) is 5.11 Å². The van der Waals surface area contributed by atoms with Crippen molar-refractivity contribution in [1.29, 1.82) is 0 Å². The van der Waals surface area contributed by atoms with Crippen LogP contribution in [-0.4, -0.2) is 26.4 Å². The van der Waals surface area contributed by atoms with Crippen LogP contribution in [0.4, 0.5) is 4.39 Å². The van der Waals surface area contributed by atoms with E-state index in [0.29, 0.717) is 8.73 Å². The van der Waals surface area contributed by atoms with Crippen LogP contribution in [0.1, 0.15) is 19.3 Å². The fourth-order valence-corrected chi connectivity index (χ4v) is 3.48. The van der Waals surface area contributed by atoms with Gasteiger partial charge >= 0.3 is 5.97 Å². The lowest BCUT2D eigenvalue weighted by Gasteiger charge is -2.08. The summed E-state index contributed by atoms with van der Waals surface area (Å²) < 4.78 is 16.3. The smallest absolute Gasteiger partial charge is 0.313 e. The highest BCUT2D eigenvalue weighted by Crippen LogP contribution is 2.34. The third-order valence-corrected chi connectivity index (χ3v) is 5.33. The zero-order chi connectivity index (χ0) is 15.0. The summed E-state index contributed by atoms with van der Waals surface area (Å²) in [6, 6.07) is 3.21. The molecule has 1 aliphatic rings. The molecule has 1 saturated carbocycles. The second-order valence-electron chi connectivity index (χ2n) is 5.22. The lowest BCUT2D eigenvalue weighted by molar-refractivity contribution is -0.133. The van der Waals surface area contributed by atoms with E-state index in [-0.39, 0.29) is 11.6 Å². The van der Waals surface area contributed by atoms with Gasteiger partial charge in [0.2, 0.25) is 0 Å². The maximum absolute atomic E-state index is 13.8. The zero-order valence-electron chi connectivity index (χ0n) is 11.2. The maximum Gasteiger partial charge on any atom is 0.313 e. The molecule has 112 valence electrons. The summed E-state index contributed by atoms with van der Waals surface area (Å²) in [5.41, 5.74) is 1.48. The van der Waals surface area contributed by atoms with E-state index >= 15 is 0 Å². The van der Waals surface area contributed by atoms with Gasteiger partial charge in [-0.05, 0) is 41.0 Å². The van der Waals surface area contributed by atoms with Crippen LogP contribution < -0.4 is 0 Å². The summed E-state index contributed by atoms with van der Waals surface area (Å²) in [7, 11) is 0. The molecule has 0 bridgehead atoms. The Balaban J connectivity index is 1.96. The van der Waals surface area contributed by atoms with Crippen LogP contribution in [0.25, 0.3) is 11.0 Å². The van der Waals surface area contributed by atoms with Crippen molar-refractivity contribution in [1.82, 2.24) is 9.55 Å². The first-order chi connectivity index (χ1) is 10.0. The van der Waals surface area contributed by atoms with E-state index < -0.39 is 5.97 Å². The Hall–Kier alpha value is -0.830. The van der Waals surface area contributed by atoms with Gasteiger partial charge in [-0.15, -0.1) is 0 Å². The molecule has 3 rings (SSSR count). The molecule has 0 unspecified atom stereocenters. The molecular weight excluding hydrogens is 406 g/mol. The van der Waals surface area contributed by atoms with Gasteiger partial charge in [-0.2, -0.15) is 0 Å². The Morgan fingerprint density at radius 2 is 2.29 bits per heavy atom. The van der Waals surface area contributed by atoms with Gasteiger partial charge in [-0.25, -0.2) is 9.37 Å². The monoisotopic (exact) mass is 420 g/mol. The van der Waals surface area contributed by atoms with Crippen LogP contribution in [0.2, 0.25) is 0 Å². The van der Waals surface area contributed by atoms with Crippen LogP contribution in [0.15, 0.2) is 17.3 Å². The van der Waals surface area contributed by atoms with Gasteiger partial charge in [-0.3, -0.25) is 4.79 Å². The van der Waals surface area contributed by atoms with Crippen molar-refractivity contribution in [2.24, 2.45) is 5.92 Å². The molecule has 1 N–H and O–H groups in total. The summed E-state index contributed by atoms with van der Waals surface area (Å²) in [6.07, 6.45) is 3.56. The normalized spacial score (nSPS) is 14.8. The molecule has 0 amide bonds. The number of aryl methyl sites for hydroxylation is 1. The number of carboxylic acids is 1. The van der Waals surface area contributed by atoms with Crippen molar-refractivity contribution in [2.45, 2.75) is 31.0 Å². The first-order valence-corrected chi connectivity index (χ1v) is 8.81. The molecule has 1 aromatic heterocycles. The summed E-state index contributed by atoms with van der Waals surface area (Å²) in [5.74, 6) is -0.410. The number of hydrogen-bond donors (Lipinski definition) is 1. The highest BCUT2D eigenvalue weighted by atomic mass is 127. The highest BCUT2D eigenvalue weighted by Gasteiger charge is 2.22. The Morgan fingerprint density at radius 1 is 1.52 bits per heavy atom. The fraction of sp³-hybridized carbons (Fsp3) is 0.429. The SMILES string of the molecule is O=C(O)CSc1nc2cc(I)c(F)cc2n1CCC1CC1. The number of aliphatic carboxylic acids is 1. The number of hydrogen-bond acceptors (Lipinski definition) is 3. The number of rotatable bonds is 6. The van der Waals surface area contributed by atoms with E-state index in [2.05, 4.69) is 4.98 Å². The first kappa shape index (κ1) is 15.1. The van der Waals surface area contributed by atoms with Gasteiger partial charge in [0.25, 0.3) is 0 Å². The van der Waals surface area contributed by atoms with Crippen molar-refractivity contribution < 1.29 is 14.3 Å². The molecule has 0 aliphatic heterocycles. The Kier molecular flexibility index (Phi) is 4.39. The number of benzene rings is 1. The largest absolute Gasteiger partial charge is 0.481 e. The fourth-order valence-electron chi connectivity index (χ4n) is 2.27. The first-order valence-electron chi connectivity index (χ1n) is 6.74. The predicted octanol–water partition coefficient (Wildman–Crippen LogP) is 3.76. The third-order valence-electron chi connectivity index (χ3n) is 3.54. The van der Waals surface area contributed by atoms with Crippen LogP contribution >= 0.6 is 34.4 Å². The minimum absolute atomic E-state index is 0.0354. The van der Waals surface area contributed by atoms with Gasteiger partial charge in [0, 0.05) is 12.6 Å². The lowest BCUT2D eigenvalue weighted by atomic mass is 10.2. The Morgan fingerprint density at radius 3 is 2.95 bits per heavy atom. The minimum atomic E-state index is -0.874. The number of carboxylic acid groups (broad SMARTS) is 1. The van der Waals surface area contributed by atoms with E-state index in [9.17, 15) is 9.18 Å². The number of aromatic nitrogens is 2. The molecule has 2 aromatic rings.